The van der Waals surface area contributed by atoms with Gasteiger partial charge in [0, 0.05) is 23.2 Å². The van der Waals surface area contributed by atoms with Gasteiger partial charge in [0.15, 0.2) is 0 Å². The molecule has 0 bridgehead atoms. The van der Waals surface area contributed by atoms with Crippen molar-refractivity contribution < 1.29 is 19.1 Å². The van der Waals surface area contributed by atoms with Gasteiger partial charge >= 0.3 is 12.0 Å². The van der Waals surface area contributed by atoms with E-state index in [0.29, 0.717) is 15.7 Å². The number of carbonyl (C=O) groups is 3. The third-order valence-corrected chi connectivity index (χ3v) is 5.52. The van der Waals surface area contributed by atoms with Crippen LogP contribution in [0.1, 0.15) is 16.5 Å². The molecule has 138 valence electrons. The van der Waals surface area contributed by atoms with Crippen LogP contribution in [0.3, 0.4) is 0 Å². The van der Waals surface area contributed by atoms with Crippen molar-refractivity contribution in [2.45, 2.75) is 11.9 Å². The number of esters is 1. The van der Waals surface area contributed by atoms with E-state index in [1.165, 1.54) is 30.1 Å². The first-order valence-corrected chi connectivity index (χ1v) is 9.93. The smallest absolute Gasteiger partial charge is 0.321 e. The number of hydrogen-bond donors (Lipinski definition) is 2. The van der Waals surface area contributed by atoms with Crippen molar-refractivity contribution in [3.63, 3.8) is 0 Å². The summed E-state index contributed by atoms with van der Waals surface area (Å²) in [7, 11) is 1.39. The molecule has 0 unspecified atom stereocenters. The van der Waals surface area contributed by atoms with Gasteiger partial charge in [0.05, 0.1) is 10.1 Å². The van der Waals surface area contributed by atoms with Crippen molar-refractivity contribution >= 4 is 52.6 Å². The summed E-state index contributed by atoms with van der Waals surface area (Å²) in [6.07, 6.45) is -1.20. The molecule has 0 spiro atoms. The lowest BCUT2D eigenvalue weighted by molar-refractivity contribution is -0.153. The van der Waals surface area contributed by atoms with Crippen molar-refractivity contribution in [2.75, 3.05) is 12.8 Å². The number of amides is 3. The van der Waals surface area contributed by atoms with Crippen LogP contribution in [0, 0.1) is 0 Å². The van der Waals surface area contributed by atoms with Gasteiger partial charge < -0.3 is 10.1 Å². The molecule has 0 saturated carbocycles. The Kier molecular flexibility index (Phi) is 7.96. The number of rotatable bonds is 7. The van der Waals surface area contributed by atoms with E-state index in [2.05, 4.69) is 10.6 Å². The largest absolute Gasteiger partial charge is 0.447 e. The fourth-order valence-corrected chi connectivity index (χ4v) is 3.97. The minimum Gasteiger partial charge on any atom is -0.447 e. The van der Waals surface area contributed by atoms with Crippen molar-refractivity contribution in [3.8, 4) is 0 Å². The normalized spacial score (nSPS) is 11.5. The first-order chi connectivity index (χ1) is 12.5. The molecule has 26 heavy (non-hydrogen) atoms. The highest BCUT2D eigenvalue weighted by atomic mass is 35.5. The monoisotopic (exact) mass is 412 g/mol. The molecule has 6 nitrogen and oxygen atoms in total. The fourth-order valence-electron chi connectivity index (χ4n) is 1.97. The van der Waals surface area contributed by atoms with E-state index in [4.69, 9.17) is 16.3 Å². The van der Waals surface area contributed by atoms with Crippen LogP contribution in [0.15, 0.2) is 42.5 Å². The molecule has 0 aliphatic carbocycles. The zero-order chi connectivity index (χ0) is 18.9. The first kappa shape index (κ1) is 20.3. The quantitative estimate of drug-likeness (QED) is 0.681. The highest BCUT2D eigenvalue weighted by Crippen LogP contribution is 2.25. The van der Waals surface area contributed by atoms with Crippen LogP contribution in [-0.2, 0) is 20.1 Å². The van der Waals surface area contributed by atoms with E-state index < -0.39 is 24.0 Å². The average molecular weight is 413 g/mol. The lowest BCUT2D eigenvalue weighted by atomic mass is 10.1. The third-order valence-electron chi connectivity index (χ3n) is 3.15. The Labute approximate surface area is 164 Å². The molecule has 0 aliphatic rings. The maximum Gasteiger partial charge on any atom is 0.321 e. The van der Waals surface area contributed by atoms with Gasteiger partial charge in [0.1, 0.15) is 0 Å². The summed E-state index contributed by atoms with van der Waals surface area (Å²) in [6, 6.07) is 11.6. The van der Waals surface area contributed by atoms with Crippen LogP contribution in [0.4, 0.5) is 4.79 Å². The standard InChI is InChI=1S/C17H17ClN2O4S2/c1-19-17(23)20-16(22)15(11-5-3-2-4-6-11)24-14(21)10-25-9-12-7-8-13(18)26-12/h2-8,15H,9-10H2,1H3,(H2,19,20,22,23)/t15-/m0/s1. The molecule has 2 rings (SSSR count). The lowest BCUT2D eigenvalue weighted by Crippen LogP contribution is -2.41. The van der Waals surface area contributed by atoms with Gasteiger partial charge in [-0.05, 0) is 12.1 Å². The summed E-state index contributed by atoms with van der Waals surface area (Å²) in [5.41, 5.74) is 0.484. The van der Waals surface area contributed by atoms with Gasteiger partial charge in [0.2, 0.25) is 6.10 Å². The van der Waals surface area contributed by atoms with E-state index in [1.54, 1.807) is 36.4 Å². The predicted octanol–water partition coefficient (Wildman–Crippen LogP) is 3.37. The second-order valence-corrected chi connectivity index (χ2v) is 7.83. The van der Waals surface area contributed by atoms with Gasteiger partial charge in [-0.1, -0.05) is 41.9 Å². The summed E-state index contributed by atoms with van der Waals surface area (Å²) < 4.78 is 6.01. The van der Waals surface area contributed by atoms with Gasteiger partial charge in [0.25, 0.3) is 5.91 Å². The van der Waals surface area contributed by atoms with Crippen molar-refractivity contribution in [1.82, 2.24) is 10.6 Å². The Balaban J connectivity index is 1.95. The lowest BCUT2D eigenvalue weighted by Gasteiger charge is -2.17. The van der Waals surface area contributed by atoms with Crippen LogP contribution in [0.25, 0.3) is 0 Å². The highest BCUT2D eigenvalue weighted by molar-refractivity contribution is 7.99. The topological polar surface area (TPSA) is 84.5 Å². The number of hydrogen-bond acceptors (Lipinski definition) is 6. The summed E-state index contributed by atoms with van der Waals surface area (Å²) in [5, 5.41) is 4.42. The zero-order valence-electron chi connectivity index (χ0n) is 13.9. The molecular weight excluding hydrogens is 396 g/mol. The fraction of sp³-hybridized carbons (Fsp3) is 0.235. The predicted molar refractivity (Wildman–Crippen MR) is 103 cm³/mol. The molecule has 0 radical (unpaired) electrons. The van der Waals surface area contributed by atoms with E-state index >= 15 is 0 Å². The SMILES string of the molecule is CNC(=O)NC(=O)[C@@H](OC(=O)CSCc1ccc(Cl)s1)c1ccccc1. The molecule has 0 aliphatic heterocycles. The Morgan fingerprint density at radius 2 is 1.92 bits per heavy atom. The van der Waals surface area contributed by atoms with Crippen LogP contribution < -0.4 is 10.6 Å². The molecule has 3 amide bonds. The molecule has 0 saturated heterocycles. The number of ether oxygens (including phenoxy) is 1. The van der Waals surface area contributed by atoms with Crippen molar-refractivity contribution in [2.24, 2.45) is 0 Å². The molecule has 2 N–H and O–H groups in total. The van der Waals surface area contributed by atoms with E-state index in [-0.39, 0.29) is 5.75 Å². The number of carbonyl (C=O) groups excluding carboxylic acids is 3. The molecule has 1 atom stereocenters. The number of halogens is 1. The highest BCUT2D eigenvalue weighted by Gasteiger charge is 2.26. The average Bonchev–Trinajstić information content (AvgIpc) is 3.05. The summed E-state index contributed by atoms with van der Waals surface area (Å²) in [5.74, 6) is -0.559. The minimum absolute atomic E-state index is 0.0755. The summed E-state index contributed by atoms with van der Waals surface area (Å²) >= 11 is 8.68. The Morgan fingerprint density at radius 3 is 2.54 bits per heavy atom. The minimum atomic E-state index is -1.20. The summed E-state index contributed by atoms with van der Waals surface area (Å²) in [4.78, 5) is 36.8. The Bertz CT molecular complexity index is 767. The first-order valence-electron chi connectivity index (χ1n) is 7.58. The van der Waals surface area contributed by atoms with E-state index in [0.717, 1.165) is 4.88 Å². The van der Waals surface area contributed by atoms with Crippen LogP contribution in [0.2, 0.25) is 4.34 Å². The second-order valence-electron chi connectivity index (χ2n) is 5.05. The van der Waals surface area contributed by atoms with E-state index in [1.807, 2.05) is 6.07 Å². The number of imide groups is 1. The molecular formula is C17H17ClN2O4S2. The number of thiophene rings is 1. The third kappa shape index (κ3) is 6.36. The number of nitrogens with one attached hydrogen (secondary N) is 2. The van der Waals surface area contributed by atoms with Crippen LogP contribution in [0.5, 0.6) is 0 Å². The van der Waals surface area contributed by atoms with Crippen LogP contribution >= 0.6 is 34.7 Å². The van der Waals surface area contributed by atoms with Crippen molar-refractivity contribution in [3.05, 3.63) is 57.2 Å². The Morgan fingerprint density at radius 1 is 1.19 bits per heavy atom. The zero-order valence-corrected chi connectivity index (χ0v) is 16.2. The molecule has 1 aromatic carbocycles. The molecule has 9 heteroatoms. The number of benzene rings is 1. The maximum atomic E-state index is 12.3. The molecule has 1 heterocycles. The van der Waals surface area contributed by atoms with Gasteiger partial charge in [-0.2, -0.15) is 0 Å². The summed E-state index contributed by atoms with van der Waals surface area (Å²) in [6.45, 7) is 0. The maximum absolute atomic E-state index is 12.3. The van der Waals surface area contributed by atoms with E-state index in [9.17, 15) is 14.4 Å². The van der Waals surface area contributed by atoms with Gasteiger partial charge in [-0.15, -0.1) is 23.1 Å². The number of urea groups is 1. The molecule has 1 aromatic heterocycles. The van der Waals surface area contributed by atoms with Crippen molar-refractivity contribution in [1.29, 1.82) is 0 Å². The Hall–Kier alpha value is -2.03. The van der Waals surface area contributed by atoms with Crippen LogP contribution in [-0.4, -0.2) is 30.7 Å². The van der Waals surface area contributed by atoms with Gasteiger partial charge in [-0.25, -0.2) is 4.79 Å². The molecule has 0 fully saturated rings. The molecule has 2 aromatic rings. The second kappa shape index (κ2) is 10.2. The van der Waals surface area contributed by atoms with Gasteiger partial charge in [-0.3, -0.25) is 14.9 Å². The number of thioether (sulfide) groups is 1.